The zero-order chi connectivity index (χ0) is 30.1. The lowest BCUT2D eigenvalue weighted by atomic mass is 9.84. The molecule has 1 N–H and O–H groups in total. The largest absolute Gasteiger partial charge is 0.461 e. The van der Waals surface area contributed by atoms with E-state index in [1.54, 1.807) is 26.8 Å². The van der Waals surface area contributed by atoms with Gasteiger partial charge in [-0.15, -0.1) is 23.1 Å². The maximum atomic E-state index is 14.2. The van der Waals surface area contributed by atoms with Crippen molar-refractivity contribution in [3.63, 3.8) is 0 Å². The molecule has 2 aliphatic heterocycles. The number of rotatable bonds is 8. The van der Waals surface area contributed by atoms with Gasteiger partial charge in [-0.1, -0.05) is 66.7 Å². The summed E-state index contributed by atoms with van der Waals surface area (Å²) in [5.74, 6) is -1.65. The number of hydrogen-bond acceptors (Lipinski definition) is 8. The van der Waals surface area contributed by atoms with Crippen molar-refractivity contribution in [1.82, 2.24) is 10.2 Å². The van der Waals surface area contributed by atoms with Crippen molar-refractivity contribution in [2.24, 2.45) is 5.41 Å². The van der Waals surface area contributed by atoms with Crippen LogP contribution in [0.2, 0.25) is 0 Å². The summed E-state index contributed by atoms with van der Waals surface area (Å²) >= 11 is 2.77. The lowest BCUT2D eigenvalue weighted by Crippen LogP contribution is -2.77. The monoisotopic (exact) mass is 604 g/mol. The highest BCUT2D eigenvalue weighted by atomic mass is 32.2. The summed E-state index contributed by atoms with van der Waals surface area (Å²) in [6.07, 6.45) is -0.743. The highest BCUT2D eigenvalue weighted by Gasteiger charge is 2.67. The molecule has 2 amide bonds. The number of carbonyl (C=O) groups excluding carboxylic acids is 4. The molecule has 3 aromatic rings. The van der Waals surface area contributed by atoms with E-state index in [2.05, 4.69) is 5.32 Å². The zero-order valence-electron chi connectivity index (χ0n) is 23.8. The lowest BCUT2D eigenvalue weighted by Gasteiger charge is -2.57. The summed E-state index contributed by atoms with van der Waals surface area (Å²) < 4.78 is 11.8. The minimum absolute atomic E-state index is 0.0415. The van der Waals surface area contributed by atoms with Crippen LogP contribution in [0.3, 0.4) is 0 Å². The van der Waals surface area contributed by atoms with Crippen LogP contribution in [0, 0.1) is 5.41 Å². The minimum Gasteiger partial charge on any atom is -0.461 e. The van der Waals surface area contributed by atoms with Crippen LogP contribution in [-0.2, 0) is 34.2 Å². The number of esters is 2. The van der Waals surface area contributed by atoms with E-state index in [1.807, 2.05) is 72.1 Å². The van der Waals surface area contributed by atoms with Crippen LogP contribution in [0.4, 0.5) is 0 Å². The van der Waals surface area contributed by atoms with Gasteiger partial charge in [0.1, 0.15) is 17.7 Å². The number of amides is 2. The molecule has 0 unspecified atom stereocenters. The average molecular weight is 605 g/mol. The number of thioether (sulfide) groups is 1. The van der Waals surface area contributed by atoms with E-state index in [-0.39, 0.29) is 18.2 Å². The number of hydrogen-bond donors (Lipinski definition) is 1. The fourth-order valence-electron chi connectivity index (χ4n) is 5.02. The number of carbonyl (C=O) groups is 4. The van der Waals surface area contributed by atoms with Gasteiger partial charge < -0.3 is 14.8 Å². The van der Waals surface area contributed by atoms with Gasteiger partial charge in [0.2, 0.25) is 5.91 Å². The Kier molecular flexibility index (Phi) is 8.30. The molecule has 2 aliphatic rings. The average Bonchev–Trinajstić information content (AvgIpc) is 3.52. The van der Waals surface area contributed by atoms with E-state index in [1.165, 1.54) is 34.9 Å². The van der Waals surface area contributed by atoms with Gasteiger partial charge in [0.25, 0.3) is 5.91 Å². The van der Waals surface area contributed by atoms with Gasteiger partial charge in [-0.25, -0.2) is 4.79 Å². The normalized spacial score (nSPS) is 20.1. The third-order valence-corrected chi connectivity index (χ3v) is 9.45. The quantitative estimate of drug-likeness (QED) is 0.280. The molecule has 1 fully saturated rings. The summed E-state index contributed by atoms with van der Waals surface area (Å²) in [4.78, 5) is 55.3. The molecular formula is C32H32N2O6S2. The third kappa shape index (κ3) is 5.48. The fraction of sp³-hybridized carbons (Fsp3) is 0.312. The number of thiophene rings is 1. The molecule has 2 aromatic carbocycles. The molecule has 0 bridgehead atoms. The van der Waals surface area contributed by atoms with Crippen LogP contribution in [0.15, 0.2) is 89.4 Å². The van der Waals surface area contributed by atoms with E-state index in [9.17, 15) is 19.2 Å². The summed E-state index contributed by atoms with van der Waals surface area (Å²) in [6, 6.07) is 22.3. The Morgan fingerprint density at radius 1 is 1.00 bits per heavy atom. The van der Waals surface area contributed by atoms with Gasteiger partial charge in [0, 0.05) is 23.1 Å². The molecule has 1 aromatic heterocycles. The number of fused-ring (bicyclic) bond motifs is 1. The smallest absolute Gasteiger partial charge is 0.356 e. The molecule has 5 rings (SSSR count). The van der Waals surface area contributed by atoms with Crippen molar-refractivity contribution in [3.05, 3.63) is 105 Å². The molecule has 3 heterocycles. The van der Waals surface area contributed by atoms with Crippen LogP contribution in [0.1, 0.15) is 49.8 Å². The van der Waals surface area contributed by atoms with Gasteiger partial charge in [-0.05, 0) is 43.3 Å². The van der Waals surface area contributed by atoms with Crippen LogP contribution in [0.5, 0.6) is 0 Å². The second kappa shape index (κ2) is 11.8. The van der Waals surface area contributed by atoms with E-state index < -0.39 is 40.3 Å². The third-order valence-electron chi connectivity index (χ3n) is 7.05. The highest BCUT2D eigenvalue weighted by molar-refractivity contribution is 8.00. The Bertz CT molecular complexity index is 1480. The van der Waals surface area contributed by atoms with Gasteiger partial charge >= 0.3 is 11.9 Å². The Labute approximate surface area is 253 Å². The summed E-state index contributed by atoms with van der Waals surface area (Å²) in [5, 5.41) is 4.13. The molecule has 0 spiro atoms. The maximum Gasteiger partial charge on any atom is 0.356 e. The molecule has 0 radical (unpaired) electrons. The Balaban J connectivity index is 1.55. The number of benzene rings is 2. The van der Waals surface area contributed by atoms with Crippen molar-refractivity contribution >= 4 is 46.9 Å². The first-order chi connectivity index (χ1) is 20.0. The van der Waals surface area contributed by atoms with E-state index in [0.717, 1.165) is 11.1 Å². The SMILES string of the molecule is CC(=O)N[C@@]1(c2cccs2)C(=O)N2C(C(=O)OC(c3ccccc3)c3ccccc3)=C(COC(=O)C(C)(C)C)CS[C@H]21. The highest BCUT2D eigenvalue weighted by Crippen LogP contribution is 2.52. The Morgan fingerprint density at radius 3 is 2.14 bits per heavy atom. The molecule has 218 valence electrons. The second-order valence-electron chi connectivity index (χ2n) is 11.2. The summed E-state index contributed by atoms with van der Waals surface area (Å²) in [7, 11) is 0. The Morgan fingerprint density at radius 2 is 1.62 bits per heavy atom. The molecule has 0 saturated carbocycles. The van der Waals surface area contributed by atoms with Crippen molar-refractivity contribution in [2.45, 2.75) is 44.7 Å². The predicted octanol–water partition coefficient (Wildman–Crippen LogP) is 5.17. The molecule has 1 saturated heterocycles. The standard InChI is InChI=1S/C32H32N2O6S2/c1-20(35)33-32(24-16-11-17-41-24)28(37)34-25(23(19-42-29(32)34)18-39-30(38)31(2,3)4)27(36)40-26(21-12-7-5-8-13-21)22-14-9-6-10-15-22/h5-17,26,29H,18-19H2,1-4H3,(H,33,35)/t29-,32-/m0/s1. The first-order valence-electron chi connectivity index (χ1n) is 13.5. The van der Waals surface area contributed by atoms with Gasteiger partial charge in [0.05, 0.1) is 5.41 Å². The predicted molar refractivity (Wildman–Crippen MR) is 161 cm³/mol. The Hall–Kier alpha value is -3.89. The summed E-state index contributed by atoms with van der Waals surface area (Å²) in [6.45, 7) is 6.44. The van der Waals surface area contributed by atoms with Crippen LogP contribution >= 0.6 is 23.1 Å². The lowest BCUT2D eigenvalue weighted by molar-refractivity contribution is -0.162. The second-order valence-corrected chi connectivity index (χ2v) is 13.2. The van der Waals surface area contributed by atoms with Gasteiger partial charge in [0.15, 0.2) is 11.6 Å². The molecule has 10 heteroatoms. The van der Waals surface area contributed by atoms with Crippen molar-refractivity contribution in [2.75, 3.05) is 12.4 Å². The molecule has 2 atom stereocenters. The molecule has 42 heavy (non-hydrogen) atoms. The van der Waals surface area contributed by atoms with E-state index in [4.69, 9.17) is 9.47 Å². The minimum atomic E-state index is -1.32. The summed E-state index contributed by atoms with van der Waals surface area (Å²) in [5.41, 5.74) is -0.0250. The van der Waals surface area contributed by atoms with E-state index in [0.29, 0.717) is 16.2 Å². The number of nitrogens with one attached hydrogen (secondary N) is 1. The maximum absolute atomic E-state index is 14.2. The number of β-lactam (4-membered cyclic amide) rings is 1. The zero-order valence-corrected chi connectivity index (χ0v) is 25.4. The first-order valence-corrected chi connectivity index (χ1v) is 15.4. The van der Waals surface area contributed by atoms with Crippen molar-refractivity contribution < 1.29 is 28.7 Å². The van der Waals surface area contributed by atoms with Crippen LogP contribution < -0.4 is 5.32 Å². The van der Waals surface area contributed by atoms with Gasteiger partial charge in [-0.2, -0.15) is 0 Å². The van der Waals surface area contributed by atoms with Crippen LogP contribution in [0.25, 0.3) is 0 Å². The number of nitrogens with zero attached hydrogens (tertiary/aromatic N) is 1. The van der Waals surface area contributed by atoms with Crippen molar-refractivity contribution in [3.8, 4) is 0 Å². The van der Waals surface area contributed by atoms with E-state index >= 15 is 0 Å². The first kappa shape index (κ1) is 29.6. The van der Waals surface area contributed by atoms with Crippen LogP contribution in [-0.4, -0.2) is 46.4 Å². The topological polar surface area (TPSA) is 102 Å². The van der Waals surface area contributed by atoms with Crippen molar-refractivity contribution in [1.29, 1.82) is 0 Å². The fourth-order valence-corrected chi connectivity index (χ4v) is 7.46. The molecular weight excluding hydrogens is 572 g/mol. The number of ether oxygens (including phenoxy) is 2. The molecule has 0 aliphatic carbocycles. The molecule has 8 nitrogen and oxygen atoms in total. The van der Waals surface area contributed by atoms with Gasteiger partial charge in [-0.3, -0.25) is 19.3 Å².